The fourth-order valence-electron chi connectivity index (χ4n) is 3.63. The third-order valence-electron chi connectivity index (χ3n) is 4.55. The molecule has 0 aromatic heterocycles. The van der Waals surface area contributed by atoms with Crippen LogP contribution in [0.4, 0.5) is 0 Å². The average molecular weight is 231 g/mol. The van der Waals surface area contributed by atoms with Crippen LogP contribution >= 0.6 is 0 Å². The Morgan fingerprint density at radius 1 is 1.12 bits per heavy atom. The second-order valence-electron chi connectivity index (χ2n) is 5.55. The standard InChI is InChI=1S/C15H21NO/c17-15-9-5-4-8-13(15)14(16-11-10-15)12-6-2-1-3-7-12/h1-3,6-7,13-14,16-17H,4-5,8-11H2/t13-,14-,15+/m1/s1. The van der Waals surface area contributed by atoms with Gasteiger partial charge in [0.15, 0.2) is 0 Å². The molecule has 3 atom stereocenters. The van der Waals surface area contributed by atoms with E-state index in [1.807, 2.05) is 0 Å². The van der Waals surface area contributed by atoms with Gasteiger partial charge >= 0.3 is 0 Å². The molecule has 0 radical (unpaired) electrons. The molecule has 1 heterocycles. The van der Waals surface area contributed by atoms with Crippen molar-refractivity contribution in [1.29, 1.82) is 0 Å². The molecule has 17 heavy (non-hydrogen) atoms. The predicted molar refractivity (Wildman–Crippen MR) is 68.7 cm³/mol. The molecule has 2 nitrogen and oxygen atoms in total. The van der Waals surface area contributed by atoms with E-state index in [9.17, 15) is 5.11 Å². The largest absolute Gasteiger partial charge is 0.389 e. The number of rotatable bonds is 1. The predicted octanol–water partition coefficient (Wildman–Crippen LogP) is 2.64. The third-order valence-corrected chi connectivity index (χ3v) is 4.55. The van der Waals surface area contributed by atoms with Crippen molar-refractivity contribution in [3.63, 3.8) is 0 Å². The van der Waals surface area contributed by atoms with Crippen LogP contribution in [0, 0.1) is 5.92 Å². The van der Waals surface area contributed by atoms with E-state index >= 15 is 0 Å². The Bertz CT molecular complexity index is 374. The Labute approximate surface area is 103 Å². The van der Waals surface area contributed by atoms with Crippen LogP contribution in [0.1, 0.15) is 43.7 Å². The summed E-state index contributed by atoms with van der Waals surface area (Å²) in [5.41, 5.74) is 0.918. The summed E-state index contributed by atoms with van der Waals surface area (Å²) < 4.78 is 0. The van der Waals surface area contributed by atoms with Crippen LogP contribution in [-0.4, -0.2) is 17.3 Å². The van der Waals surface area contributed by atoms with Gasteiger partial charge in [-0.3, -0.25) is 0 Å². The van der Waals surface area contributed by atoms with Crippen molar-refractivity contribution in [2.24, 2.45) is 5.92 Å². The molecule has 2 aliphatic rings. The molecule has 1 aromatic rings. The Hall–Kier alpha value is -0.860. The van der Waals surface area contributed by atoms with E-state index in [1.54, 1.807) is 0 Å². The highest BCUT2D eigenvalue weighted by atomic mass is 16.3. The van der Waals surface area contributed by atoms with Gasteiger partial charge in [0.05, 0.1) is 5.60 Å². The Morgan fingerprint density at radius 3 is 2.76 bits per heavy atom. The minimum absolute atomic E-state index is 0.343. The number of piperidine rings is 1. The topological polar surface area (TPSA) is 32.3 Å². The van der Waals surface area contributed by atoms with Crippen LogP contribution in [0.5, 0.6) is 0 Å². The van der Waals surface area contributed by atoms with Crippen LogP contribution < -0.4 is 5.32 Å². The molecular weight excluding hydrogens is 210 g/mol. The zero-order chi connectivity index (χ0) is 11.7. The highest BCUT2D eigenvalue weighted by Gasteiger charge is 2.45. The Morgan fingerprint density at radius 2 is 1.94 bits per heavy atom. The fourth-order valence-corrected chi connectivity index (χ4v) is 3.63. The summed E-state index contributed by atoms with van der Waals surface area (Å²) >= 11 is 0. The lowest BCUT2D eigenvalue weighted by Crippen LogP contribution is -2.53. The molecule has 1 saturated carbocycles. The maximum Gasteiger partial charge on any atom is 0.0706 e. The fraction of sp³-hybridized carbons (Fsp3) is 0.600. The van der Waals surface area contributed by atoms with Crippen LogP contribution in [0.3, 0.4) is 0 Å². The average Bonchev–Trinajstić information content (AvgIpc) is 2.38. The van der Waals surface area contributed by atoms with E-state index in [2.05, 4.69) is 35.6 Å². The number of hydrogen-bond donors (Lipinski definition) is 2. The summed E-state index contributed by atoms with van der Waals surface area (Å²) in [6, 6.07) is 10.9. The van der Waals surface area contributed by atoms with Gasteiger partial charge in [-0.2, -0.15) is 0 Å². The van der Waals surface area contributed by atoms with E-state index in [4.69, 9.17) is 0 Å². The van der Waals surface area contributed by atoms with E-state index in [0.29, 0.717) is 12.0 Å². The summed E-state index contributed by atoms with van der Waals surface area (Å²) in [7, 11) is 0. The minimum atomic E-state index is -0.413. The van der Waals surface area contributed by atoms with Crippen molar-refractivity contribution in [3.05, 3.63) is 35.9 Å². The highest BCUT2D eigenvalue weighted by Crippen LogP contribution is 2.45. The molecule has 1 aliphatic heterocycles. The summed E-state index contributed by atoms with van der Waals surface area (Å²) in [6.45, 7) is 0.937. The van der Waals surface area contributed by atoms with E-state index in [0.717, 1.165) is 25.8 Å². The van der Waals surface area contributed by atoms with Gasteiger partial charge in [-0.25, -0.2) is 0 Å². The van der Waals surface area contributed by atoms with Gasteiger partial charge in [0.1, 0.15) is 0 Å². The van der Waals surface area contributed by atoms with E-state index in [-0.39, 0.29) is 0 Å². The van der Waals surface area contributed by atoms with Gasteiger partial charge in [0, 0.05) is 12.0 Å². The highest BCUT2D eigenvalue weighted by molar-refractivity contribution is 5.22. The monoisotopic (exact) mass is 231 g/mol. The number of hydrogen-bond acceptors (Lipinski definition) is 2. The quantitative estimate of drug-likeness (QED) is 0.778. The van der Waals surface area contributed by atoms with Gasteiger partial charge in [-0.05, 0) is 31.4 Å². The summed E-state index contributed by atoms with van der Waals surface area (Å²) in [5.74, 6) is 0.396. The first-order valence-electron chi connectivity index (χ1n) is 6.80. The van der Waals surface area contributed by atoms with Gasteiger partial charge < -0.3 is 10.4 Å². The van der Waals surface area contributed by atoms with Crippen molar-refractivity contribution in [3.8, 4) is 0 Å². The van der Waals surface area contributed by atoms with Crippen LogP contribution in [-0.2, 0) is 0 Å². The molecule has 3 rings (SSSR count). The molecule has 2 fully saturated rings. The Kier molecular flexibility index (Phi) is 2.93. The van der Waals surface area contributed by atoms with Crippen molar-refractivity contribution in [2.45, 2.75) is 43.7 Å². The number of fused-ring (bicyclic) bond motifs is 1. The minimum Gasteiger partial charge on any atom is -0.389 e. The lowest BCUT2D eigenvalue weighted by Gasteiger charge is -2.48. The zero-order valence-electron chi connectivity index (χ0n) is 10.2. The Balaban J connectivity index is 1.89. The molecule has 0 spiro atoms. The van der Waals surface area contributed by atoms with Crippen molar-refractivity contribution in [2.75, 3.05) is 6.54 Å². The second kappa shape index (κ2) is 4.43. The van der Waals surface area contributed by atoms with Gasteiger partial charge in [-0.1, -0.05) is 43.2 Å². The molecule has 2 heteroatoms. The lowest BCUT2D eigenvalue weighted by molar-refractivity contribution is -0.0861. The number of aliphatic hydroxyl groups is 1. The van der Waals surface area contributed by atoms with E-state index < -0.39 is 5.60 Å². The zero-order valence-corrected chi connectivity index (χ0v) is 10.2. The molecule has 2 N–H and O–H groups in total. The SMILES string of the molecule is O[C@]12CCCC[C@@H]1[C@@H](c1ccccc1)NCC2. The number of nitrogens with one attached hydrogen (secondary N) is 1. The maximum absolute atomic E-state index is 10.8. The first-order valence-corrected chi connectivity index (χ1v) is 6.80. The summed E-state index contributed by atoms with van der Waals surface area (Å²) in [5, 5.41) is 14.4. The molecule has 92 valence electrons. The van der Waals surface area contributed by atoms with Crippen LogP contribution in [0.15, 0.2) is 30.3 Å². The van der Waals surface area contributed by atoms with Crippen LogP contribution in [0.2, 0.25) is 0 Å². The molecule has 1 aromatic carbocycles. The third kappa shape index (κ3) is 2.00. The molecule has 1 saturated heterocycles. The summed E-state index contributed by atoms with van der Waals surface area (Å²) in [4.78, 5) is 0. The molecular formula is C15H21NO. The van der Waals surface area contributed by atoms with Crippen molar-refractivity contribution < 1.29 is 5.11 Å². The lowest BCUT2D eigenvalue weighted by atomic mass is 9.67. The second-order valence-corrected chi connectivity index (χ2v) is 5.55. The van der Waals surface area contributed by atoms with Gasteiger partial charge in [-0.15, -0.1) is 0 Å². The van der Waals surface area contributed by atoms with Crippen LogP contribution in [0.25, 0.3) is 0 Å². The first-order chi connectivity index (χ1) is 8.30. The van der Waals surface area contributed by atoms with Gasteiger partial charge in [0.25, 0.3) is 0 Å². The van der Waals surface area contributed by atoms with Crippen molar-refractivity contribution >= 4 is 0 Å². The smallest absolute Gasteiger partial charge is 0.0706 e. The van der Waals surface area contributed by atoms with Gasteiger partial charge in [0.2, 0.25) is 0 Å². The van der Waals surface area contributed by atoms with E-state index in [1.165, 1.54) is 18.4 Å². The molecule has 1 aliphatic carbocycles. The molecule has 0 amide bonds. The molecule has 0 unspecified atom stereocenters. The normalized spacial score (nSPS) is 37.5. The summed E-state index contributed by atoms with van der Waals surface area (Å²) in [6.07, 6.45) is 5.51. The van der Waals surface area contributed by atoms with Crippen molar-refractivity contribution in [1.82, 2.24) is 5.32 Å². The number of benzene rings is 1. The first kappa shape index (κ1) is 11.2. The molecule has 0 bridgehead atoms. The maximum atomic E-state index is 10.8.